The highest BCUT2D eigenvalue weighted by Crippen LogP contribution is 2.45. The fourth-order valence-electron chi connectivity index (χ4n) is 2.72. The highest BCUT2D eigenvalue weighted by atomic mass is 14.8. The van der Waals surface area contributed by atoms with Crippen molar-refractivity contribution in [1.29, 1.82) is 0 Å². The Labute approximate surface area is 68.9 Å². The van der Waals surface area contributed by atoms with Gasteiger partial charge in [0.1, 0.15) is 0 Å². The molecule has 1 aliphatic carbocycles. The molecule has 0 radical (unpaired) electrons. The van der Waals surface area contributed by atoms with Gasteiger partial charge in [-0.15, -0.1) is 0 Å². The molecular formula is C10H17N. The van der Waals surface area contributed by atoms with Gasteiger partial charge in [-0.2, -0.15) is 0 Å². The predicted octanol–water partition coefficient (Wildman–Crippen LogP) is 2.66. The Morgan fingerprint density at radius 2 is 2.27 bits per heavy atom. The molecule has 1 heterocycles. The van der Waals surface area contributed by atoms with Gasteiger partial charge in [0.2, 0.25) is 0 Å². The molecule has 2 rings (SSSR count). The third-order valence-corrected chi connectivity index (χ3v) is 3.53. The lowest BCUT2D eigenvalue weighted by atomic mass is 9.68. The Balaban J connectivity index is 2.20. The topological polar surface area (TPSA) is 12.4 Å². The van der Waals surface area contributed by atoms with E-state index in [9.17, 15) is 0 Å². The molecule has 1 nitrogen and oxygen atoms in total. The maximum Gasteiger partial charge on any atom is 0.0448 e. The highest BCUT2D eigenvalue weighted by Gasteiger charge is 2.41. The zero-order chi connectivity index (χ0) is 7.90. The standard InChI is InChI=1S/C10H17N/c1-8-9-5-3-4-6-10(9,2)7-11-8/h9H,3-7H2,1-2H3. The summed E-state index contributed by atoms with van der Waals surface area (Å²) in [5.74, 6) is 0.830. The SMILES string of the molecule is CC1=NCC2(C)CCCCC12. The summed E-state index contributed by atoms with van der Waals surface area (Å²) in [4.78, 5) is 4.57. The van der Waals surface area contributed by atoms with Crippen LogP contribution in [0.3, 0.4) is 0 Å². The van der Waals surface area contributed by atoms with E-state index in [2.05, 4.69) is 18.8 Å². The summed E-state index contributed by atoms with van der Waals surface area (Å²) in [6.45, 7) is 5.72. The lowest BCUT2D eigenvalue weighted by Crippen LogP contribution is -2.32. The molecule has 0 N–H and O–H groups in total. The van der Waals surface area contributed by atoms with Crippen molar-refractivity contribution in [2.45, 2.75) is 39.5 Å². The molecule has 1 saturated carbocycles. The van der Waals surface area contributed by atoms with Gasteiger partial charge in [-0.05, 0) is 25.2 Å². The van der Waals surface area contributed by atoms with E-state index in [-0.39, 0.29) is 0 Å². The maximum absolute atomic E-state index is 4.57. The second kappa shape index (κ2) is 2.33. The average molecular weight is 151 g/mol. The summed E-state index contributed by atoms with van der Waals surface area (Å²) >= 11 is 0. The molecule has 0 bridgehead atoms. The van der Waals surface area contributed by atoms with Gasteiger partial charge >= 0.3 is 0 Å². The van der Waals surface area contributed by atoms with Gasteiger partial charge < -0.3 is 0 Å². The van der Waals surface area contributed by atoms with Crippen molar-refractivity contribution in [2.24, 2.45) is 16.3 Å². The molecule has 2 atom stereocenters. The van der Waals surface area contributed by atoms with E-state index in [1.165, 1.54) is 31.4 Å². The van der Waals surface area contributed by atoms with Crippen LogP contribution in [0.4, 0.5) is 0 Å². The van der Waals surface area contributed by atoms with Gasteiger partial charge in [-0.25, -0.2) is 0 Å². The van der Waals surface area contributed by atoms with Crippen LogP contribution in [0.5, 0.6) is 0 Å². The van der Waals surface area contributed by atoms with Crippen molar-refractivity contribution in [3.63, 3.8) is 0 Å². The monoisotopic (exact) mass is 151 g/mol. The fourth-order valence-corrected chi connectivity index (χ4v) is 2.72. The van der Waals surface area contributed by atoms with Crippen molar-refractivity contribution in [3.8, 4) is 0 Å². The van der Waals surface area contributed by atoms with Crippen LogP contribution < -0.4 is 0 Å². The minimum absolute atomic E-state index is 0.558. The molecule has 0 aromatic heterocycles. The van der Waals surface area contributed by atoms with E-state index in [0.717, 1.165) is 12.5 Å². The molecule has 0 amide bonds. The van der Waals surface area contributed by atoms with E-state index in [4.69, 9.17) is 0 Å². The molecule has 2 aliphatic rings. The summed E-state index contributed by atoms with van der Waals surface area (Å²) in [6.07, 6.45) is 5.65. The van der Waals surface area contributed by atoms with E-state index < -0.39 is 0 Å². The number of hydrogen-bond acceptors (Lipinski definition) is 1. The molecular weight excluding hydrogens is 134 g/mol. The van der Waals surface area contributed by atoms with Crippen molar-refractivity contribution in [2.75, 3.05) is 6.54 Å². The lowest BCUT2D eigenvalue weighted by Gasteiger charge is -2.35. The predicted molar refractivity (Wildman–Crippen MR) is 48.0 cm³/mol. The van der Waals surface area contributed by atoms with Crippen molar-refractivity contribution in [3.05, 3.63) is 0 Å². The molecule has 0 saturated heterocycles. The van der Waals surface area contributed by atoms with Gasteiger partial charge in [-0.1, -0.05) is 19.8 Å². The average Bonchev–Trinajstić information content (AvgIpc) is 2.29. The molecule has 2 unspecified atom stereocenters. The van der Waals surface area contributed by atoms with E-state index in [1.54, 1.807) is 0 Å². The zero-order valence-electron chi connectivity index (χ0n) is 7.56. The smallest absolute Gasteiger partial charge is 0.0448 e. The fraction of sp³-hybridized carbons (Fsp3) is 0.900. The minimum Gasteiger partial charge on any atom is -0.294 e. The summed E-state index contributed by atoms with van der Waals surface area (Å²) in [6, 6.07) is 0. The number of aliphatic imine (C=N–C) groups is 1. The summed E-state index contributed by atoms with van der Waals surface area (Å²) < 4.78 is 0. The van der Waals surface area contributed by atoms with Crippen molar-refractivity contribution >= 4 is 5.71 Å². The van der Waals surface area contributed by atoms with E-state index in [0.29, 0.717) is 5.41 Å². The van der Waals surface area contributed by atoms with Crippen LogP contribution in [-0.2, 0) is 0 Å². The van der Waals surface area contributed by atoms with Gasteiger partial charge in [0.15, 0.2) is 0 Å². The zero-order valence-corrected chi connectivity index (χ0v) is 7.56. The quantitative estimate of drug-likeness (QED) is 0.504. The maximum atomic E-state index is 4.57. The molecule has 0 aromatic rings. The molecule has 11 heavy (non-hydrogen) atoms. The first kappa shape index (κ1) is 7.33. The Bertz CT molecular complexity index is 195. The molecule has 1 aliphatic heterocycles. The van der Waals surface area contributed by atoms with Crippen LogP contribution in [-0.4, -0.2) is 12.3 Å². The first-order valence-electron chi connectivity index (χ1n) is 4.73. The van der Waals surface area contributed by atoms with Crippen molar-refractivity contribution in [1.82, 2.24) is 0 Å². The van der Waals surface area contributed by atoms with Gasteiger partial charge in [0.25, 0.3) is 0 Å². The summed E-state index contributed by atoms with van der Waals surface area (Å²) in [5.41, 5.74) is 1.98. The molecule has 1 fully saturated rings. The second-order valence-corrected chi connectivity index (χ2v) is 4.41. The first-order chi connectivity index (χ1) is 5.22. The van der Waals surface area contributed by atoms with Crippen LogP contribution in [0, 0.1) is 11.3 Å². The van der Waals surface area contributed by atoms with Gasteiger partial charge in [0, 0.05) is 18.2 Å². The Kier molecular flexibility index (Phi) is 1.55. The van der Waals surface area contributed by atoms with Crippen LogP contribution >= 0.6 is 0 Å². The number of nitrogens with zero attached hydrogens (tertiary/aromatic N) is 1. The Morgan fingerprint density at radius 3 is 3.00 bits per heavy atom. The van der Waals surface area contributed by atoms with Crippen LogP contribution in [0.1, 0.15) is 39.5 Å². The Morgan fingerprint density at radius 1 is 1.45 bits per heavy atom. The third-order valence-electron chi connectivity index (χ3n) is 3.53. The van der Waals surface area contributed by atoms with Gasteiger partial charge in [0.05, 0.1) is 0 Å². The molecule has 0 spiro atoms. The Hall–Kier alpha value is -0.330. The third kappa shape index (κ3) is 1.02. The first-order valence-corrected chi connectivity index (χ1v) is 4.73. The number of fused-ring (bicyclic) bond motifs is 1. The number of hydrogen-bond donors (Lipinski definition) is 0. The largest absolute Gasteiger partial charge is 0.294 e. The lowest BCUT2D eigenvalue weighted by molar-refractivity contribution is 0.194. The van der Waals surface area contributed by atoms with Crippen LogP contribution in [0.15, 0.2) is 4.99 Å². The minimum atomic E-state index is 0.558. The van der Waals surface area contributed by atoms with E-state index in [1.807, 2.05) is 0 Å². The molecule has 62 valence electrons. The van der Waals surface area contributed by atoms with Crippen LogP contribution in [0.25, 0.3) is 0 Å². The summed E-state index contributed by atoms with van der Waals surface area (Å²) in [7, 11) is 0. The normalized spacial score (nSPS) is 43.5. The molecule has 0 aromatic carbocycles. The second-order valence-electron chi connectivity index (χ2n) is 4.41. The summed E-state index contributed by atoms with van der Waals surface area (Å²) in [5, 5.41) is 0. The molecule has 1 heteroatoms. The van der Waals surface area contributed by atoms with Crippen LogP contribution in [0.2, 0.25) is 0 Å². The highest BCUT2D eigenvalue weighted by molar-refractivity contribution is 5.87. The van der Waals surface area contributed by atoms with E-state index >= 15 is 0 Å². The van der Waals surface area contributed by atoms with Gasteiger partial charge in [-0.3, -0.25) is 4.99 Å². The number of rotatable bonds is 0. The van der Waals surface area contributed by atoms with Crippen molar-refractivity contribution < 1.29 is 0 Å².